The zero-order chi connectivity index (χ0) is 18.8. The third-order valence-corrected chi connectivity index (χ3v) is 4.35. The molecule has 5 nitrogen and oxygen atoms in total. The van der Waals surface area contributed by atoms with Crippen LogP contribution in [0.1, 0.15) is 23.5 Å². The van der Waals surface area contributed by atoms with Crippen LogP contribution in [-0.2, 0) is 6.54 Å². The molecular weight excluding hydrogens is 348 g/mol. The zero-order valence-electron chi connectivity index (χ0n) is 14.6. The third-order valence-electron chi connectivity index (χ3n) is 4.35. The smallest absolute Gasteiger partial charge is 0.295 e. The van der Waals surface area contributed by atoms with Crippen molar-refractivity contribution in [3.8, 4) is 22.5 Å². The maximum Gasteiger partial charge on any atom is 0.295 e. The lowest BCUT2D eigenvalue weighted by Crippen LogP contribution is -2.04. The second-order valence-corrected chi connectivity index (χ2v) is 6.23. The topological polar surface area (TPSA) is 59.4 Å². The first-order valence-electron chi connectivity index (χ1n) is 8.49. The minimum atomic E-state index is -2.61. The molecule has 0 aliphatic carbocycles. The van der Waals surface area contributed by atoms with E-state index in [2.05, 4.69) is 20.3 Å². The molecule has 0 unspecified atom stereocenters. The zero-order valence-corrected chi connectivity index (χ0v) is 14.6. The number of hydrogen-bond donors (Lipinski definition) is 1. The summed E-state index contributed by atoms with van der Waals surface area (Å²) in [6.45, 7) is 2.50. The molecule has 0 saturated carbocycles. The van der Waals surface area contributed by atoms with Gasteiger partial charge in [0.25, 0.3) is 6.43 Å². The second-order valence-electron chi connectivity index (χ2n) is 6.23. The highest BCUT2D eigenvalue weighted by Gasteiger charge is 2.13. The average molecular weight is 365 g/mol. The standard InChI is InChI=1S/C20H17F2N5/c1-13-18(16-5-3-2-4-6-16)27(26-25-13)12-14-7-9-15(10-8-14)17-11-23-20(24-17)19(21)22/h2-11,19H,12H2,1H3,(H,23,24). The summed E-state index contributed by atoms with van der Waals surface area (Å²) < 4.78 is 27.2. The van der Waals surface area contributed by atoms with E-state index in [1.165, 1.54) is 6.20 Å². The third kappa shape index (κ3) is 3.48. The van der Waals surface area contributed by atoms with Crippen molar-refractivity contribution in [3.63, 3.8) is 0 Å². The summed E-state index contributed by atoms with van der Waals surface area (Å²) in [4.78, 5) is 6.35. The number of benzene rings is 2. The van der Waals surface area contributed by atoms with Gasteiger partial charge in [0, 0.05) is 5.56 Å². The summed E-state index contributed by atoms with van der Waals surface area (Å²) in [5, 5.41) is 8.46. The minimum Gasteiger partial charge on any atom is -0.337 e. The van der Waals surface area contributed by atoms with Gasteiger partial charge in [0.05, 0.1) is 29.8 Å². The van der Waals surface area contributed by atoms with E-state index in [4.69, 9.17) is 0 Å². The SMILES string of the molecule is Cc1nnn(Cc2ccc(-c3cnc(C(F)F)[nH]3)cc2)c1-c1ccccc1. The molecule has 0 fully saturated rings. The molecule has 2 aromatic heterocycles. The Morgan fingerprint density at radius 2 is 1.74 bits per heavy atom. The van der Waals surface area contributed by atoms with Gasteiger partial charge >= 0.3 is 0 Å². The molecule has 0 aliphatic heterocycles. The molecule has 136 valence electrons. The number of aromatic nitrogens is 5. The van der Waals surface area contributed by atoms with Crippen molar-refractivity contribution in [2.75, 3.05) is 0 Å². The van der Waals surface area contributed by atoms with Gasteiger partial charge in [-0.25, -0.2) is 18.4 Å². The molecule has 0 bridgehead atoms. The Labute approximate surface area is 154 Å². The monoisotopic (exact) mass is 365 g/mol. The van der Waals surface area contributed by atoms with Crippen LogP contribution in [0.15, 0.2) is 60.8 Å². The quantitative estimate of drug-likeness (QED) is 0.561. The fourth-order valence-electron chi connectivity index (χ4n) is 3.02. The lowest BCUT2D eigenvalue weighted by Gasteiger charge is -2.08. The number of halogens is 2. The number of hydrogen-bond acceptors (Lipinski definition) is 3. The van der Waals surface area contributed by atoms with Crippen LogP contribution in [-0.4, -0.2) is 25.0 Å². The number of H-pyrrole nitrogens is 1. The Bertz CT molecular complexity index is 1040. The van der Waals surface area contributed by atoms with Crippen LogP contribution in [0.2, 0.25) is 0 Å². The second kappa shape index (κ2) is 7.11. The maximum absolute atomic E-state index is 12.7. The van der Waals surface area contributed by atoms with E-state index in [-0.39, 0.29) is 5.82 Å². The predicted molar refractivity (Wildman–Crippen MR) is 98.3 cm³/mol. The van der Waals surface area contributed by atoms with Gasteiger partial charge in [-0.1, -0.05) is 59.8 Å². The van der Waals surface area contributed by atoms with Gasteiger partial charge in [-0.05, 0) is 18.1 Å². The van der Waals surface area contributed by atoms with Crippen LogP contribution in [0, 0.1) is 6.92 Å². The molecule has 4 aromatic rings. The van der Waals surface area contributed by atoms with Crippen LogP contribution >= 0.6 is 0 Å². The highest BCUT2D eigenvalue weighted by atomic mass is 19.3. The van der Waals surface area contributed by atoms with Crippen LogP contribution in [0.25, 0.3) is 22.5 Å². The largest absolute Gasteiger partial charge is 0.337 e. The van der Waals surface area contributed by atoms with Crippen molar-refractivity contribution < 1.29 is 8.78 Å². The first-order chi connectivity index (χ1) is 13.1. The molecule has 1 N–H and O–H groups in total. The van der Waals surface area contributed by atoms with Crippen molar-refractivity contribution in [1.82, 2.24) is 25.0 Å². The highest BCUT2D eigenvalue weighted by molar-refractivity contribution is 5.62. The van der Waals surface area contributed by atoms with Crippen LogP contribution in [0.4, 0.5) is 8.78 Å². The fourth-order valence-corrected chi connectivity index (χ4v) is 3.02. The molecule has 0 aliphatic rings. The van der Waals surface area contributed by atoms with Gasteiger partial charge in [0.15, 0.2) is 5.82 Å². The first kappa shape index (κ1) is 17.1. The lowest BCUT2D eigenvalue weighted by atomic mass is 10.1. The van der Waals surface area contributed by atoms with E-state index in [1.54, 1.807) is 0 Å². The molecular formula is C20H17F2N5. The Morgan fingerprint density at radius 1 is 1.00 bits per heavy atom. The number of rotatable bonds is 5. The van der Waals surface area contributed by atoms with E-state index in [1.807, 2.05) is 66.2 Å². The molecule has 0 radical (unpaired) electrons. The van der Waals surface area contributed by atoms with Crippen molar-refractivity contribution in [1.29, 1.82) is 0 Å². The summed E-state index contributed by atoms with van der Waals surface area (Å²) in [5.74, 6) is -0.320. The molecule has 0 amide bonds. The Morgan fingerprint density at radius 3 is 2.41 bits per heavy atom. The van der Waals surface area contributed by atoms with Crippen LogP contribution in [0.5, 0.6) is 0 Å². The summed E-state index contributed by atoms with van der Waals surface area (Å²) >= 11 is 0. The Kier molecular flexibility index (Phi) is 4.50. The summed E-state index contributed by atoms with van der Waals surface area (Å²) in [5.41, 5.74) is 5.32. The van der Waals surface area contributed by atoms with Crippen LogP contribution < -0.4 is 0 Å². The number of nitrogens with zero attached hydrogens (tertiary/aromatic N) is 4. The predicted octanol–water partition coefficient (Wildman–Crippen LogP) is 4.63. The molecule has 2 aromatic carbocycles. The van der Waals surface area contributed by atoms with E-state index >= 15 is 0 Å². The van der Waals surface area contributed by atoms with E-state index < -0.39 is 6.43 Å². The van der Waals surface area contributed by atoms with Crippen molar-refractivity contribution in [2.24, 2.45) is 0 Å². The maximum atomic E-state index is 12.7. The summed E-state index contributed by atoms with van der Waals surface area (Å²) in [7, 11) is 0. The van der Waals surface area contributed by atoms with Gasteiger partial charge in [-0.2, -0.15) is 0 Å². The Hall–Kier alpha value is -3.35. The number of aromatic amines is 1. The van der Waals surface area contributed by atoms with Crippen molar-refractivity contribution in [2.45, 2.75) is 19.9 Å². The average Bonchev–Trinajstić information content (AvgIpc) is 3.31. The molecule has 0 spiro atoms. The van der Waals surface area contributed by atoms with Crippen molar-refractivity contribution >= 4 is 0 Å². The number of aryl methyl sites for hydroxylation is 1. The Balaban J connectivity index is 1.58. The number of nitrogens with one attached hydrogen (secondary N) is 1. The van der Waals surface area contributed by atoms with Gasteiger partial charge in [0.2, 0.25) is 0 Å². The minimum absolute atomic E-state index is 0.320. The summed E-state index contributed by atoms with van der Waals surface area (Å²) in [6.07, 6.45) is -1.19. The molecule has 2 heterocycles. The van der Waals surface area contributed by atoms with E-state index in [0.717, 1.165) is 28.1 Å². The molecule has 27 heavy (non-hydrogen) atoms. The fraction of sp³-hybridized carbons (Fsp3) is 0.150. The van der Waals surface area contributed by atoms with Gasteiger partial charge in [0.1, 0.15) is 0 Å². The van der Waals surface area contributed by atoms with E-state index in [9.17, 15) is 8.78 Å². The first-order valence-corrected chi connectivity index (χ1v) is 8.49. The van der Waals surface area contributed by atoms with Gasteiger partial charge in [-0.3, -0.25) is 0 Å². The van der Waals surface area contributed by atoms with Crippen molar-refractivity contribution in [3.05, 3.63) is 77.9 Å². The lowest BCUT2D eigenvalue weighted by molar-refractivity contribution is 0.141. The number of alkyl halides is 2. The molecule has 0 saturated heterocycles. The van der Waals surface area contributed by atoms with Crippen LogP contribution in [0.3, 0.4) is 0 Å². The number of imidazole rings is 1. The van der Waals surface area contributed by atoms with Gasteiger partial charge < -0.3 is 4.98 Å². The summed E-state index contributed by atoms with van der Waals surface area (Å²) in [6, 6.07) is 17.7. The molecule has 0 atom stereocenters. The van der Waals surface area contributed by atoms with E-state index in [0.29, 0.717) is 12.2 Å². The normalized spacial score (nSPS) is 11.3. The highest BCUT2D eigenvalue weighted by Crippen LogP contribution is 2.24. The van der Waals surface area contributed by atoms with Gasteiger partial charge in [-0.15, -0.1) is 5.10 Å². The molecule has 4 rings (SSSR count). The molecule has 7 heteroatoms.